The zero-order valence-electron chi connectivity index (χ0n) is 7.93. The smallest absolute Gasteiger partial charge is 0.126 e. The molecule has 1 aromatic rings. The maximum absolute atomic E-state index is 12.8. The fraction of sp³-hybridized carbons (Fsp3) is 0.455. The SMILES string of the molecule is CCC1(C)COc2cc(F)ccc21. The predicted molar refractivity (Wildman–Crippen MR) is 49.5 cm³/mol. The average Bonchev–Trinajstić information content (AvgIpc) is 2.45. The zero-order chi connectivity index (χ0) is 9.47. The van der Waals surface area contributed by atoms with Crippen LogP contribution in [0.3, 0.4) is 0 Å². The van der Waals surface area contributed by atoms with Crippen LogP contribution in [0, 0.1) is 5.82 Å². The van der Waals surface area contributed by atoms with Crippen molar-refractivity contribution in [2.75, 3.05) is 6.61 Å². The molecule has 1 unspecified atom stereocenters. The van der Waals surface area contributed by atoms with Crippen LogP contribution in [0.15, 0.2) is 18.2 Å². The third-order valence-electron chi connectivity index (χ3n) is 2.92. The molecule has 0 aliphatic carbocycles. The van der Waals surface area contributed by atoms with E-state index in [-0.39, 0.29) is 11.2 Å². The molecule has 1 heterocycles. The van der Waals surface area contributed by atoms with Crippen molar-refractivity contribution in [2.24, 2.45) is 0 Å². The number of halogens is 1. The lowest BCUT2D eigenvalue weighted by molar-refractivity contribution is 0.273. The molecule has 0 spiro atoms. The van der Waals surface area contributed by atoms with Gasteiger partial charge in [-0.25, -0.2) is 4.39 Å². The lowest BCUT2D eigenvalue weighted by atomic mass is 9.82. The molecule has 0 radical (unpaired) electrons. The van der Waals surface area contributed by atoms with Crippen LogP contribution in [0.25, 0.3) is 0 Å². The van der Waals surface area contributed by atoms with Gasteiger partial charge >= 0.3 is 0 Å². The summed E-state index contributed by atoms with van der Waals surface area (Å²) in [7, 11) is 0. The van der Waals surface area contributed by atoms with Crippen LogP contribution in [-0.2, 0) is 5.41 Å². The summed E-state index contributed by atoms with van der Waals surface area (Å²) in [5.74, 6) is 0.489. The first-order chi connectivity index (χ1) is 6.15. The fourth-order valence-electron chi connectivity index (χ4n) is 1.72. The summed E-state index contributed by atoms with van der Waals surface area (Å²) in [6.07, 6.45) is 1.02. The van der Waals surface area contributed by atoms with Crippen LogP contribution in [0.2, 0.25) is 0 Å². The predicted octanol–water partition coefficient (Wildman–Crippen LogP) is 2.89. The Balaban J connectivity index is 2.49. The van der Waals surface area contributed by atoms with Crippen molar-refractivity contribution < 1.29 is 9.13 Å². The first-order valence-electron chi connectivity index (χ1n) is 4.58. The van der Waals surface area contributed by atoms with Crippen molar-refractivity contribution in [1.82, 2.24) is 0 Å². The molecule has 0 fully saturated rings. The standard InChI is InChI=1S/C11H13FO/c1-3-11(2)7-13-10-6-8(12)4-5-9(10)11/h4-6H,3,7H2,1-2H3. The molecule has 1 nitrogen and oxygen atoms in total. The Morgan fingerprint density at radius 3 is 3.00 bits per heavy atom. The normalized spacial score (nSPS) is 25.5. The number of fused-ring (bicyclic) bond motifs is 1. The van der Waals surface area contributed by atoms with Crippen LogP contribution < -0.4 is 4.74 Å². The minimum absolute atomic E-state index is 0.0725. The molecule has 0 N–H and O–H groups in total. The second kappa shape index (κ2) is 2.72. The molecule has 0 saturated heterocycles. The van der Waals surface area contributed by atoms with Crippen molar-refractivity contribution in [3.05, 3.63) is 29.6 Å². The van der Waals surface area contributed by atoms with E-state index in [1.165, 1.54) is 12.1 Å². The van der Waals surface area contributed by atoms with Gasteiger partial charge in [0.25, 0.3) is 0 Å². The summed E-state index contributed by atoms with van der Waals surface area (Å²) in [5, 5.41) is 0. The van der Waals surface area contributed by atoms with Gasteiger partial charge in [0.2, 0.25) is 0 Å². The molecule has 70 valence electrons. The fourth-order valence-corrected chi connectivity index (χ4v) is 1.72. The van der Waals surface area contributed by atoms with Crippen LogP contribution in [0.4, 0.5) is 4.39 Å². The first kappa shape index (κ1) is 8.54. The van der Waals surface area contributed by atoms with E-state index < -0.39 is 0 Å². The van der Waals surface area contributed by atoms with Gasteiger partial charge in [0.15, 0.2) is 0 Å². The lowest BCUT2D eigenvalue weighted by Crippen LogP contribution is -2.22. The van der Waals surface area contributed by atoms with Crippen LogP contribution in [0.1, 0.15) is 25.8 Å². The zero-order valence-corrected chi connectivity index (χ0v) is 7.93. The third-order valence-corrected chi connectivity index (χ3v) is 2.92. The second-order valence-electron chi connectivity index (χ2n) is 3.84. The molecule has 1 atom stereocenters. The second-order valence-corrected chi connectivity index (χ2v) is 3.84. The van der Waals surface area contributed by atoms with Gasteiger partial charge in [-0.1, -0.05) is 19.9 Å². The van der Waals surface area contributed by atoms with Gasteiger partial charge < -0.3 is 4.74 Å². The Kier molecular flexibility index (Phi) is 1.79. The Hall–Kier alpha value is -1.05. The van der Waals surface area contributed by atoms with E-state index in [4.69, 9.17) is 4.74 Å². The third kappa shape index (κ3) is 1.21. The Morgan fingerprint density at radius 2 is 2.31 bits per heavy atom. The van der Waals surface area contributed by atoms with Gasteiger partial charge in [-0.15, -0.1) is 0 Å². The minimum atomic E-state index is -0.223. The van der Waals surface area contributed by atoms with Gasteiger partial charge in [0.1, 0.15) is 11.6 Å². The van der Waals surface area contributed by atoms with Crippen LogP contribution in [0.5, 0.6) is 5.75 Å². The largest absolute Gasteiger partial charge is 0.492 e. The molecule has 1 aromatic carbocycles. The quantitative estimate of drug-likeness (QED) is 0.645. The van der Waals surface area contributed by atoms with Crippen molar-refractivity contribution in [3.63, 3.8) is 0 Å². The van der Waals surface area contributed by atoms with Crippen molar-refractivity contribution >= 4 is 0 Å². The molecule has 2 heteroatoms. The summed E-state index contributed by atoms with van der Waals surface area (Å²) in [5.41, 5.74) is 1.21. The highest BCUT2D eigenvalue weighted by Crippen LogP contribution is 2.40. The van der Waals surface area contributed by atoms with E-state index in [9.17, 15) is 4.39 Å². The van der Waals surface area contributed by atoms with E-state index >= 15 is 0 Å². The summed E-state index contributed by atoms with van der Waals surface area (Å²) < 4.78 is 18.3. The molecule has 1 aliphatic heterocycles. The van der Waals surface area contributed by atoms with Crippen molar-refractivity contribution in [2.45, 2.75) is 25.7 Å². The summed E-state index contributed by atoms with van der Waals surface area (Å²) in [4.78, 5) is 0. The number of ether oxygens (including phenoxy) is 1. The van der Waals surface area contributed by atoms with Gasteiger partial charge in [-0.3, -0.25) is 0 Å². The Labute approximate surface area is 77.5 Å². The number of hydrogen-bond acceptors (Lipinski definition) is 1. The average molecular weight is 180 g/mol. The highest BCUT2D eigenvalue weighted by atomic mass is 19.1. The molecule has 13 heavy (non-hydrogen) atoms. The van der Waals surface area contributed by atoms with Crippen molar-refractivity contribution in [3.8, 4) is 5.75 Å². The van der Waals surface area contributed by atoms with Gasteiger partial charge in [-0.05, 0) is 12.5 Å². The topological polar surface area (TPSA) is 9.23 Å². The molecular weight excluding hydrogens is 167 g/mol. The maximum Gasteiger partial charge on any atom is 0.126 e. The monoisotopic (exact) mass is 180 g/mol. The van der Waals surface area contributed by atoms with Gasteiger partial charge in [-0.2, -0.15) is 0 Å². The van der Waals surface area contributed by atoms with Crippen molar-refractivity contribution in [1.29, 1.82) is 0 Å². The van der Waals surface area contributed by atoms with E-state index in [1.807, 2.05) is 6.07 Å². The summed E-state index contributed by atoms with van der Waals surface area (Å²) in [6, 6.07) is 4.80. The molecular formula is C11H13FO. The van der Waals surface area contributed by atoms with Gasteiger partial charge in [0, 0.05) is 17.0 Å². The molecule has 0 amide bonds. The van der Waals surface area contributed by atoms with Crippen LogP contribution >= 0.6 is 0 Å². The first-order valence-corrected chi connectivity index (χ1v) is 4.58. The maximum atomic E-state index is 12.8. The van der Waals surface area contributed by atoms with Crippen LogP contribution in [-0.4, -0.2) is 6.61 Å². The highest BCUT2D eigenvalue weighted by Gasteiger charge is 2.34. The summed E-state index contributed by atoms with van der Waals surface area (Å²) >= 11 is 0. The molecule has 0 aromatic heterocycles. The minimum Gasteiger partial charge on any atom is -0.492 e. The molecule has 0 bridgehead atoms. The number of rotatable bonds is 1. The molecule has 1 aliphatic rings. The Morgan fingerprint density at radius 1 is 1.54 bits per heavy atom. The highest BCUT2D eigenvalue weighted by molar-refractivity contribution is 5.43. The van der Waals surface area contributed by atoms with E-state index in [1.54, 1.807) is 0 Å². The Bertz CT molecular complexity index is 335. The number of benzene rings is 1. The summed E-state index contributed by atoms with van der Waals surface area (Å²) in [6.45, 7) is 4.95. The lowest BCUT2D eigenvalue weighted by Gasteiger charge is -2.19. The van der Waals surface area contributed by atoms with E-state index in [2.05, 4.69) is 13.8 Å². The van der Waals surface area contributed by atoms with E-state index in [0.29, 0.717) is 12.4 Å². The molecule has 2 rings (SSSR count). The number of hydrogen-bond donors (Lipinski definition) is 0. The van der Waals surface area contributed by atoms with Gasteiger partial charge in [0.05, 0.1) is 6.61 Å². The molecule has 0 saturated carbocycles. The van der Waals surface area contributed by atoms with E-state index in [0.717, 1.165) is 12.0 Å².